The molecule has 0 amide bonds. The van der Waals surface area contributed by atoms with Crippen LogP contribution in [0.3, 0.4) is 0 Å². The third-order valence-corrected chi connectivity index (χ3v) is 3.75. The summed E-state index contributed by atoms with van der Waals surface area (Å²) in [6.45, 7) is 6.40. The smallest absolute Gasteiger partial charge is 0.252 e. The number of hydrogen-bond donors (Lipinski definition) is 2. The number of nitriles is 1. The molecule has 0 aliphatic rings. The molecule has 0 radical (unpaired) electrons. The van der Waals surface area contributed by atoms with E-state index in [1.807, 2.05) is 13.0 Å². The molecule has 2 aromatic rings. The van der Waals surface area contributed by atoms with Gasteiger partial charge in [0.2, 0.25) is 11.6 Å². The summed E-state index contributed by atoms with van der Waals surface area (Å²) in [5.74, 6) is 1.41. The Bertz CT molecular complexity index is 773. The zero-order valence-electron chi connectivity index (χ0n) is 14.6. The molecule has 0 aliphatic carbocycles. The topological polar surface area (TPSA) is 104 Å². The van der Waals surface area contributed by atoms with Gasteiger partial charge in [0, 0.05) is 5.92 Å². The van der Waals surface area contributed by atoms with Crippen molar-refractivity contribution in [3.63, 3.8) is 0 Å². The lowest BCUT2D eigenvalue weighted by molar-refractivity contribution is 0.318. The molecule has 0 fully saturated rings. The summed E-state index contributed by atoms with van der Waals surface area (Å²) in [5.41, 5.74) is 3.63. The molecule has 2 rings (SSSR count). The number of phenols is 1. The summed E-state index contributed by atoms with van der Waals surface area (Å²) in [4.78, 5) is 4.23. The van der Waals surface area contributed by atoms with Crippen LogP contribution in [-0.4, -0.2) is 22.9 Å². The van der Waals surface area contributed by atoms with E-state index in [0.717, 1.165) is 18.4 Å². The lowest BCUT2D eigenvalue weighted by Crippen LogP contribution is -1.95. The van der Waals surface area contributed by atoms with Gasteiger partial charge in [0.05, 0.1) is 12.8 Å². The van der Waals surface area contributed by atoms with Crippen molar-refractivity contribution >= 4 is 12.1 Å². The van der Waals surface area contributed by atoms with Crippen molar-refractivity contribution < 1.29 is 14.3 Å². The normalized spacial score (nSPS) is 11.0. The Morgan fingerprint density at radius 1 is 1.40 bits per heavy atom. The van der Waals surface area contributed by atoms with Crippen molar-refractivity contribution in [3.05, 3.63) is 35.3 Å². The highest BCUT2D eigenvalue weighted by Gasteiger charge is 2.18. The van der Waals surface area contributed by atoms with Gasteiger partial charge < -0.3 is 14.3 Å². The molecule has 1 aromatic carbocycles. The lowest BCUT2D eigenvalue weighted by atomic mass is 10.0. The Labute approximate surface area is 147 Å². The van der Waals surface area contributed by atoms with Gasteiger partial charge in [-0.05, 0) is 43.5 Å². The molecule has 2 N–H and O–H groups in total. The van der Waals surface area contributed by atoms with E-state index in [4.69, 9.17) is 9.15 Å². The number of aromatic hydroxyl groups is 1. The molecule has 0 bridgehead atoms. The van der Waals surface area contributed by atoms with Crippen molar-refractivity contribution in [2.75, 3.05) is 12.0 Å². The van der Waals surface area contributed by atoms with Crippen LogP contribution in [0.4, 0.5) is 5.88 Å². The number of nitrogens with one attached hydrogen (secondary N) is 1. The minimum atomic E-state index is 0.0729. The standard InChI is InChI=1S/C18H22N4O3/c1-4-13(5-2)17-21-14(10-19)18(25-17)22-20-11-12-7-8-15(23)16(9-12)24-6-3/h7-9,11,13,22-23H,4-6H2,1-3H3/b20-11+. The molecule has 0 aliphatic heterocycles. The Balaban J connectivity index is 2.14. The molecule has 25 heavy (non-hydrogen) atoms. The second-order valence-corrected chi connectivity index (χ2v) is 5.39. The minimum absolute atomic E-state index is 0.0729. The number of anilines is 1. The molecule has 132 valence electrons. The van der Waals surface area contributed by atoms with Crippen LogP contribution in [0.15, 0.2) is 27.7 Å². The van der Waals surface area contributed by atoms with E-state index < -0.39 is 0 Å². The number of aromatic nitrogens is 1. The largest absolute Gasteiger partial charge is 0.504 e. The second-order valence-electron chi connectivity index (χ2n) is 5.39. The van der Waals surface area contributed by atoms with E-state index in [0.29, 0.717) is 18.2 Å². The van der Waals surface area contributed by atoms with Crippen LogP contribution >= 0.6 is 0 Å². The van der Waals surface area contributed by atoms with Gasteiger partial charge in [0.25, 0.3) is 5.88 Å². The van der Waals surface area contributed by atoms with Crippen LogP contribution in [0.5, 0.6) is 11.5 Å². The highest BCUT2D eigenvalue weighted by molar-refractivity contribution is 5.81. The first-order valence-corrected chi connectivity index (χ1v) is 8.28. The van der Waals surface area contributed by atoms with E-state index in [2.05, 4.69) is 29.4 Å². The SMILES string of the molecule is CCOc1cc(/C=N/Nc2oc(C(CC)CC)nc2C#N)ccc1O. The van der Waals surface area contributed by atoms with Gasteiger partial charge in [-0.25, -0.2) is 10.4 Å². The lowest BCUT2D eigenvalue weighted by Gasteiger charge is -2.06. The minimum Gasteiger partial charge on any atom is -0.504 e. The van der Waals surface area contributed by atoms with Crippen LogP contribution in [0.25, 0.3) is 0 Å². The van der Waals surface area contributed by atoms with E-state index in [1.54, 1.807) is 18.3 Å². The summed E-state index contributed by atoms with van der Waals surface area (Å²) in [5, 5.41) is 23.0. The fourth-order valence-electron chi connectivity index (χ4n) is 2.35. The summed E-state index contributed by atoms with van der Waals surface area (Å²) in [6, 6.07) is 6.91. The molecule has 0 unspecified atom stereocenters. The number of hydrazone groups is 1. The first-order chi connectivity index (χ1) is 12.1. The van der Waals surface area contributed by atoms with Gasteiger partial charge in [-0.3, -0.25) is 0 Å². The fourth-order valence-corrected chi connectivity index (χ4v) is 2.35. The zero-order chi connectivity index (χ0) is 18.2. The maximum absolute atomic E-state index is 9.69. The molecule has 7 heteroatoms. The number of nitrogens with zero attached hydrogens (tertiary/aromatic N) is 3. The summed E-state index contributed by atoms with van der Waals surface area (Å²) in [6.07, 6.45) is 3.32. The summed E-state index contributed by atoms with van der Waals surface area (Å²) in [7, 11) is 0. The first-order valence-electron chi connectivity index (χ1n) is 8.28. The summed E-state index contributed by atoms with van der Waals surface area (Å²) < 4.78 is 11.0. The fraction of sp³-hybridized carbons (Fsp3) is 0.389. The van der Waals surface area contributed by atoms with Gasteiger partial charge in [-0.1, -0.05) is 13.8 Å². The van der Waals surface area contributed by atoms with Crippen molar-refractivity contribution in [2.45, 2.75) is 39.5 Å². The molecule has 0 saturated carbocycles. The third kappa shape index (κ3) is 4.51. The average Bonchev–Trinajstić information content (AvgIpc) is 3.02. The molecule has 1 aromatic heterocycles. The monoisotopic (exact) mass is 342 g/mol. The van der Waals surface area contributed by atoms with Gasteiger partial charge in [-0.15, -0.1) is 0 Å². The van der Waals surface area contributed by atoms with Crippen molar-refractivity contribution in [3.8, 4) is 17.6 Å². The molecular weight excluding hydrogens is 320 g/mol. The highest BCUT2D eigenvalue weighted by atomic mass is 16.5. The van der Waals surface area contributed by atoms with Gasteiger partial charge in [0.15, 0.2) is 11.5 Å². The molecule has 7 nitrogen and oxygen atoms in total. The summed E-state index contributed by atoms with van der Waals surface area (Å²) >= 11 is 0. The predicted octanol–water partition coefficient (Wildman–Crippen LogP) is 4.00. The first kappa shape index (κ1) is 18.3. The predicted molar refractivity (Wildman–Crippen MR) is 95.0 cm³/mol. The average molecular weight is 342 g/mol. The van der Waals surface area contributed by atoms with Crippen LogP contribution < -0.4 is 10.2 Å². The zero-order valence-corrected chi connectivity index (χ0v) is 14.6. The number of hydrogen-bond acceptors (Lipinski definition) is 7. The Hall–Kier alpha value is -3.01. The molecule has 0 atom stereocenters. The number of benzene rings is 1. The van der Waals surface area contributed by atoms with E-state index in [9.17, 15) is 10.4 Å². The maximum atomic E-state index is 9.69. The van der Waals surface area contributed by atoms with Crippen LogP contribution in [-0.2, 0) is 0 Å². The van der Waals surface area contributed by atoms with Crippen LogP contribution in [0, 0.1) is 11.3 Å². The molecule has 0 saturated heterocycles. The number of oxazole rings is 1. The number of ether oxygens (including phenoxy) is 1. The van der Waals surface area contributed by atoms with Gasteiger partial charge >= 0.3 is 0 Å². The van der Waals surface area contributed by atoms with E-state index >= 15 is 0 Å². The maximum Gasteiger partial charge on any atom is 0.252 e. The Morgan fingerprint density at radius 3 is 2.80 bits per heavy atom. The van der Waals surface area contributed by atoms with Gasteiger partial charge in [-0.2, -0.15) is 10.4 Å². The quantitative estimate of drug-likeness (QED) is 0.555. The molecule has 0 spiro atoms. The molecule has 1 heterocycles. The second kappa shape index (κ2) is 8.73. The van der Waals surface area contributed by atoms with Crippen molar-refractivity contribution in [1.29, 1.82) is 5.26 Å². The Kier molecular flexibility index (Phi) is 6.40. The Morgan fingerprint density at radius 2 is 2.16 bits per heavy atom. The molecular formula is C18H22N4O3. The van der Waals surface area contributed by atoms with E-state index in [1.165, 1.54) is 6.07 Å². The van der Waals surface area contributed by atoms with E-state index in [-0.39, 0.29) is 23.2 Å². The number of rotatable bonds is 8. The highest BCUT2D eigenvalue weighted by Crippen LogP contribution is 2.28. The number of phenolic OH excluding ortho intramolecular Hbond substituents is 1. The third-order valence-electron chi connectivity index (χ3n) is 3.75. The van der Waals surface area contributed by atoms with Crippen LogP contribution in [0.1, 0.15) is 56.7 Å². The van der Waals surface area contributed by atoms with Crippen molar-refractivity contribution in [2.24, 2.45) is 5.10 Å². The van der Waals surface area contributed by atoms with Gasteiger partial charge in [0.1, 0.15) is 6.07 Å². The van der Waals surface area contributed by atoms with Crippen LogP contribution in [0.2, 0.25) is 0 Å². The van der Waals surface area contributed by atoms with Crippen molar-refractivity contribution in [1.82, 2.24) is 4.98 Å².